The number of hydrogen-bond acceptors (Lipinski definition) is 5. The minimum atomic E-state index is -0.335. The van der Waals surface area contributed by atoms with E-state index in [2.05, 4.69) is 4.90 Å². The van der Waals surface area contributed by atoms with Crippen LogP contribution in [0.1, 0.15) is 17.3 Å². The van der Waals surface area contributed by atoms with Gasteiger partial charge < -0.3 is 19.6 Å². The lowest BCUT2D eigenvalue weighted by atomic mass is 10.1. The Morgan fingerprint density at radius 2 is 1.92 bits per heavy atom. The molecule has 0 aromatic heterocycles. The summed E-state index contributed by atoms with van der Waals surface area (Å²) in [6.45, 7) is 6.75. The van der Waals surface area contributed by atoms with Crippen LogP contribution in [-0.4, -0.2) is 91.8 Å². The molecule has 6 heteroatoms. The van der Waals surface area contributed by atoms with Crippen LogP contribution in [0, 0.1) is 0 Å². The van der Waals surface area contributed by atoms with E-state index in [-0.39, 0.29) is 12.0 Å². The average molecular weight is 335 g/mol. The second kappa shape index (κ2) is 9.01. The lowest BCUT2D eigenvalue weighted by Crippen LogP contribution is -2.50. The SMILES string of the molecule is CC(O)CN1CCN(C(=O)c2ccccc2OCCN(C)C)CC1. The van der Waals surface area contributed by atoms with E-state index in [1.165, 1.54) is 0 Å². The molecule has 1 saturated heterocycles. The summed E-state index contributed by atoms with van der Waals surface area (Å²) < 4.78 is 5.80. The van der Waals surface area contributed by atoms with Gasteiger partial charge in [-0.2, -0.15) is 0 Å². The number of carbonyl (C=O) groups excluding carboxylic acids is 1. The first-order chi connectivity index (χ1) is 11.5. The minimum absolute atomic E-state index is 0.0205. The van der Waals surface area contributed by atoms with E-state index in [9.17, 15) is 9.90 Å². The Labute approximate surface area is 144 Å². The summed E-state index contributed by atoms with van der Waals surface area (Å²) in [4.78, 5) is 18.9. The predicted octanol–water partition coefficient (Wildman–Crippen LogP) is 0.766. The molecule has 1 aliphatic rings. The molecular weight excluding hydrogens is 306 g/mol. The Morgan fingerprint density at radius 1 is 1.25 bits per heavy atom. The van der Waals surface area contributed by atoms with Crippen molar-refractivity contribution in [3.63, 3.8) is 0 Å². The topological polar surface area (TPSA) is 56.3 Å². The molecule has 1 atom stereocenters. The van der Waals surface area contributed by atoms with Crippen molar-refractivity contribution in [1.82, 2.24) is 14.7 Å². The molecule has 24 heavy (non-hydrogen) atoms. The molecular formula is C18H29N3O3. The van der Waals surface area contributed by atoms with Crippen molar-refractivity contribution in [1.29, 1.82) is 0 Å². The summed E-state index contributed by atoms with van der Waals surface area (Å²) in [5, 5.41) is 9.47. The fraction of sp³-hybridized carbons (Fsp3) is 0.611. The van der Waals surface area contributed by atoms with Crippen molar-refractivity contribution >= 4 is 5.91 Å². The molecule has 0 saturated carbocycles. The highest BCUT2D eigenvalue weighted by Gasteiger charge is 2.24. The number of para-hydroxylation sites is 1. The summed E-state index contributed by atoms with van der Waals surface area (Å²) in [5.41, 5.74) is 0.625. The molecule has 1 heterocycles. The van der Waals surface area contributed by atoms with Crippen molar-refractivity contribution in [3.8, 4) is 5.75 Å². The molecule has 2 rings (SSSR count). The van der Waals surface area contributed by atoms with Gasteiger partial charge in [-0.05, 0) is 33.2 Å². The van der Waals surface area contributed by atoms with Gasteiger partial charge in [0.25, 0.3) is 5.91 Å². The summed E-state index contributed by atoms with van der Waals surface area (Å²) in [7, 11) is 3.99. The van der Waals surface area contributed by atoms with Gasteiger partial charge in [-0.25, -0.2) is 0 Å². The molecule has 1 aromatic rings. The van der Waals surface area contributed by atoms with Gasteiger partial charge in [0.2, 0.25) is 0 Å². The molecule has 1 N–H and O–H groups in total. The van der Waals surface area contributed by atoms with Gasteiger partial charge in [-0.1, -0.05) is 12.1 Å². The smallest absolute Gasteiger partial charge is 0.257 e. The van der Waals surface area contributed by atoms with Gasteiger partial charge in [0, 0.05) is 39.3 Å². The van der Waals surface area contributed by atoms with Crippen LogP contribution in [0.15, 0.2) is 24.3 Å². The van der Waals surface area contributed by atoms with Crippen LogP contribution in [0.2, 0.25) is 0 Å². The highest BCUT2D eigenvalue weighted by atomic mass is 16.5. The number of benzene rings is 1. The van der Waals surface area contributed by atoms with Gasteiger partial charge in [-0.3, -0.25) is 9.69 Å². The quantitative estimate of drug-likeness (QED) is 0.797. The lowest BCUT2D eigenvalue weighted by Gasteiger charge is -2.35. The summed E-state index contributed by atoms with van der Waals surface area (Å²) in [5.74, 6) is 0.669. The fourth-order valence-corrected chi connectivity index (χ4v) is 2.78. The van der Waals surface area contributed by atoms with E-state index in [1.807, 2.05) is 48.2 Å². The minimum Gasteiger partial charge on any atom is -0.491 e. The molecule has 6 nitrogen and oxygen atoms in total. The van der Waals surface area contributed by atoms with Gasteiger partial charge in [0.05, 0.1) is 11.7 Å². The number of aliphatic hydroxyl groups is 1. The van der Waals surface area contributed by atoms with E-state index in [1.54, 1.807) is 6.92 Å². The number of piperazine rings is 1. The summed E-state index contributed by atoms with van der Waals surface area (Å²) in [6.07, 6.45) is -0.335. The molecule has 134 valence electrons. The summed E-state index contributed by atoms with van der Waals surface area (Å²) in [6, 6.07) is 7.44. The van der Waals surface area contributed by atoms with Crippen molar-refractivity contribution in [2.45, 2.75) is 13.0 Å². The monoisotopic (exact) mass is 335 g/mol. The zero-order valence-electron chi connectivity index (χ0n) is 14.9. The van der Waals surface area contributed by atoms with Crippen LogP contribution in [-0.2, 0) is 0 Å². The van der Waals surface area contributed by atoms with Gasteiger partial charge >= 0.3 is 0 Å². The Kier molecular flexibility index (Phi) is 7.02. The molecule has 1 amide bonds. The number of β-amino-alcohol motifs (C(OH)–C–C–N with tert-alkyl or cyclic N) is 1. The third-order valence-corrected chi connectivity index (χ3v) is 4.10. The number of hydrogen-bond donors (Lipinski definition) is 1. The lowest BCUT2D eigenvalue weighted by molar-refractivity contribution is 0.0550. The third-order valence-electron chi connectivity index (χ3n) is 4.10. The maximum atomic E-state index is 12.8. The largest absolute Gasteiger partial charge is 0.491 e. The van der Waals surface area contributed by atoms with Gasteiger partial charge in [0.1, 0.15) is 12.4 Å². The van der Waals surface area contributed by atoms with E-state index >= 15 is 0 Å². The van der Waals surface area contributed by atoms with Crippen molar-refractivity contribution < 1.29 is 14.6 Å². The second-order valence-corrected chi connectivity index (χ2v) is 6.59. The number of aliphatic hydroxyl groups excluding tert-OH is 1. The van der Waals surface area contributed by atoms with Gasteiger partial charge in [0.15, 0.2) is 0 Å². The highest BCUT2D eigenvalue weighted by molar-refractivity contribution is 5.97. The third kappa shape index (κ3) is 5.47. The van der Waals surface area contributed by atoms with Crippen LogP contribution in [0.3, 0.4) is 0 Å². The molecule has 0 spiro atoms. The van der Waals surface area contributed by atoms with Crippen molar-refractivity contribution in [2.24, 2.45) is 0 Å². The molecule has 1 fully saturated rings. The Bertz CT molecular complexity index is 526. The van der Waals surface area contributed by atoms with Crippen LogP contribution in [0.25, 0.3) is 0 Å². The number of nitrogens with zero attached hydrogens (tertiary/aromatic N) is 3. The van der Waals surface area contributed by atoms with Crippen LogP contribution in [0.4, 0.5) is 0 Å². The fourth-order valence-electron chi connectivity index (χ4n) is 2.78. The van der Waals surface area contributed by atoms with Crippen LogP contribution < -0.4 is 4.74 Å². The summed E-state index contributed by atoms with van der Waals surface area (Å²) >= 11 is 0. The second-order valence-electron chi connectivity index (χ2n) is 6.59. The first kappa shape index (κ1) is 18.7. The maximum absolute atomic E-state index is 12.8. The standard InChI is InChI=1S/C18H29N3O3/c1-15(22)14-20-8-10-21(11-9-20)18(23)16-6-4-5-7-17(16)24-13-12-19(2)3/h4-7,15,22H,8-14H2,1-3H3. The average Bonchev–Trinajstić information content (AvgIpc) is 2.54. The number of amides is 1. The normalized spacial score (nSPS) is 17.1. The number of ether oxygens (including phenoxy) is 1. The Balaban J connectivity index is 1.95. The molecule has 1 aliphatic heterocycles. The van der Waals surface area contributed by atoms with Crippen LogP contribution >= 0.6 is 0 Å². The van der Waals surface area contributed by atoms with Crippen molar-refractivity contribution in [3.05, 3.63) is 29.8 Å². The molecule has 0 aliphatic carbocycles. The van der Waals surface area contributed by atoms with Crippen molar-refractivity contribution in [2.75, 3.05) is 60.0 Å². The maximum Gasteiger partial charge on any atom is 0.257 e. The highest BCUT2D eigenvalue weighted by Crippen LogP contribution is 2.20. The number of likely N-dealkylation sites (N-methyl/N-ethyl adjacent to an activating group) is 1. The Hall–Kier alpha value is -1.63. The van der Waals surface area contributed by atoms with Crippen LogP contribution in [0.5, 0.6) is 5.75 Å². The molecule has 1 unspecified atom stereocenters. The first-order valence-electron chi connectivity index (χ1n) is 8.53. The molecule has 0 bridgehead atoms. The van der Waals surface area contributed by atoms with E-state index in [4.69, 9.17) is 4.74 Å². The zero-order valence-corrected chi connectivity index (χ0v) is 14.9. The number of rotatable bonds is 7. The molecule has 0 radical (unpaired) electrons. The van der Waals surface area contributed by atoms with E-state index in [0.717, 1.165) is 19.6 Å². The van der Waals surface area contributed by atoms with E-state index in [0.29, 0.717) is 37.6 Å². The van der Waals surface area contributed by atoms with E-state index < -0.39 is 0 Å². The zero-order chi connectivity index (χ0) is 17.5. The number of carbonyl (C=O) groups is 1. The first-order valence-corrected chi connectivity index (χ1v) is 8.53. The predicted molar refractivity (Wildman–Crippen MR) is 94.5 cm³/mol. The Morgan fingerprint density at radius 3 is 2.54 bits per heavy atom. The van der Waals surface area contributed by atoms with Gasteiger partial charge in [-0.15, -0.1) is 0 Å². The molecule has 1 aromatic carbocycles.